The van der Waals surface area contributed by atoms with Gasteiger partial charge in [0.15, 0.2) is 0 Å². The van der Waals surface area contributed by atoms with Crippen LogP contribution >= 0.6 is 23.2 Å². The number of carbonyl (C=O) groups excluding carboxylic acids is 1. The zero-order valence-electron chi connectivity index (χ0n) is 11.1. The van der Waals surface area contributed by atoms with E-state index in [2.05, 4.69) is 19.2 Å². The fourth-order valence-corrected chi connectivity index (χ4v) is 2.88. The number of hydrogen-bond donors (Lipinski definition) is 1. The summed E-state index contributed by atoms with van der Waals surface area (Å²) in [4.78, 5) is 14.2. The van der Waals surface area contributed by atoms with Crippen molar-refractivity contribution in [1.29, 1.82) is 0 Å². The molecule has 1 N–H and O–H groups in total. The smallest absolute Gasteiger partial charge is 0.319 e. The average molecular weight is 301 g/mol. The predicted molar refractivity (Wildman–Crippen MR) is 80.1 cm³/mol. The number of nitrogens with one attached hydrogen (secondary N) is 1. The Kier molecular flexibility index (Phi) is 4.58. The van der Waals surface area contributed by atoms with Crippen molar-refractivity contribution in [2.75, 3.05) is 5.32 Å². The van der Waals surface area contributed by atoms with Gasteiger partial charge in [0.2, 0.25) is 0 Å². The number of benzene rings is 1. The lowest BCUT2D eigenvalue weighted by Gasteiger charge is -2.38. The Morgan fingerprint density at radius 2 is 1.84 bits per heavy atom. The molecule has 3 nitrogen and oxygen atoms in total. The number of likely N-dealkylation sites (tertiary alicyclic amines) is 1. The highest BCUT2D eigenvalue weighted by atomic mass is 35.5. The van der Waals surface area contributed by atoms with E-state index in [9.17, 15) is 4.79 Å². The van der Waals surface area contributed by atoms with Gasteiger partial charge >= 0.3 is 6.03 Å². The van der Waals surface area contributed by atoms with Gasteiger partial charge in [0.05, 0.1) is 10.0 Å². The van der Waals surface area contributed by atoms with Crippen molar-refractivity contribution in [1.82, 2.24) is 4.90 Å². The molecule has 1 aliphatic rings. The van der Waals surface area contributed by atoms with Crippen molar-refractivity contribution in [3.05, 3.63) is 28.2 Å². The third kappa shape index (κ3) is 3.34. The molecule has 104 valence electrons. The maximum atomic E-state index is 12.3. The van der Waals surface area contributed by atoms with Gasteiger partial charge in [-0.3, -0.25) is 0 Å². The summed E-state index contributed by atoms with van der Waals surface area (Å²) in [7, 11) is 0. The minimum atomic E-state index is -0.0712. The lowest BCUT2D eigenvalue weighted by molar-refractivity contribution is 0.133. The molecule has 1 aliphatic heterocycles. The van der Waals surface area contributed by atoms with Crippen LogP contribution in [0, 0.1) is 0 Å². The zero-order valence-corrected chi connectivity index (χ0v) is 12.6. The molecule has 2 rings (SSSR count). The molecular weight excluding hydrogens is 283 g/mol. The summed E-state index contributed by atoms with van der Waals surface area (Å²) < 4.78 is 0. The summed E-state index contributed by atoms with van der Waals surface area (Å²) in [6.45, 7) is 4.17. The molecule has 0 saturated carbocycles. The molecule has 1 aromatic rings. The highest BCUT2D eigenvalue weighted by Gasteiger charge is 2.28. The monoisotopic (exact) mass is 300 g/mol. The fourth-order valence-electron chi connectivity index (χ4n) is 2.58. The van der Waals surface area contributed by atoms with Crippen LogP contribution in [0.2, 0.25) is 10.0 Å². The van der Waals surface area contributed by atoms with E-state index in [0.29, 0.717) is 15.7 Å². The Labute approximate surface area is 123 Å². The van der Waals surface area contributed by atoms with Gasteiger partial charge in [-0.05, 0) is 51.3 Å². The van der Waals surface area contributed by atoms with Crippen LogP contribution in [-0.4, -0.2) is 23.0 Å². The molecular formula is C14H18Cl2N2O. The molecule has 0 bridgehead atoms. The molecule has 1 heterocycles. The minimum absolute atomic E-state index is 0.0712. The molecule has 0 spiro atoms. The molecule has 0 unspecified atom stereocenters. The molecule has 2 atom stereocenters. The normalized spacial score (nSPS) is 23.3. The number of anilines is 1. The minimum Gasteiger partial charge on any atom is -0.319 e. The van der Waals surface area contributed by atoms with Crippen LogP contribution in [0.4, 0.5) is 10.5 Å². The third-order valence-electron chi connectivity index (χ3n) is 3.60. The molecule has 1 aromatic carbocycles. The fraction of sp³-hybridized carbons (Fsp3) is 0.500. The first-order valence-electron chi connectivity index (χ1n) is 6.53. The van der Waals surface area contributed by atoms with E-state index >= 15 is 0 Å². The first-order chi connectivity index (χ1) is 8.99. The van der Waals surface area contributed by atoms with E-state index in [-0.39, 0.29) is 18.1 Å². The van der Waals surface area contributed by atoms with Gasteiger partial charge in [0.25, 0.3) is 0 Å². The molecule has 1 fully saturated rings. The first kappa shape index (κ1) is 14.5. The third-order valence-corrected chi connectivity index (χ3v) is 4.34. The summed E-state index contributed by atoms with van der Waals surface area (Å²) in [6.07, 6.45) is 3.29. The van der Waals surface area contributed by atoms with Gasteiger partial charge in [-0.2, -0.15) is 0 Å². The van der Waals surface area contributed by atoms with E-state index < -0.39 is 0 Å². The van der Waals surface area contributed by atoms with Crippen LogP contribution in [0.15, 0.2) is 18.2 Å². The Balaban J connectivity index is 2.09. The van der Waals surface area contributed by atoms with E-state index in [1.807, 2.05) is 4.90 Å². The van der Waals surface area contributed by atoms with Crippen molar-refractivity contribution in [2.24, 2.45) is 0 Å². The van der Waals surface area contributed by atoms with Gasteiger partial charge in [0, 0.05) is 17.8 Å². The zero-order chi connectivity index (χ0) is 14.0. The first-order valence-corrected chi connectivity index (χ1v) is 7.29. The number of nitrogens with zero attached hydrogens (tertiary/aromatic N) is 1. The Morgan fingerprint density at radius 3 is 2.42 bits per heavy atom. The van der Waals surface area contributed by atoms with Crippen molar-refractivity contribution < 1.29 is 4.79 Å². The van der Waals surface area contributed by atoms with E-state index in [0.717, 1.165) is 12.8 Å². The van der Waals surface area contributed by atoms with Crippen LogP contribution in [0.5, 0.6) is 0 Å². The number of halogens is 2. The second kappa shape index (κ2) is 6.02. The number of hydrogen-bond acceptors (Lipinski definition) is 1. The van der Waals surface area contributed by atoms with Gasteiger partial charge in [-0.15, -0.1) is 0 Å². The number of carbonyl (C=O) groups is 1. The quantitative estimate of drug-likeness (QED) is 0.794. The molecule has 5 heteroatoms. The number of amides is 2. The summed E-state index contributed by atoms with van der Waals surface area (Å²) in [5.74, 6) is 0. The molecule has 0 aliphatic carbocycles. The van der Waals surface area contributed by atoms with E-state index in [4.69, 9.17) is 23.2 Å². The van der Waals surface area contributed by atoms with Crippen molar-refractivity contribution in [3.63, 3.8) is 0 Å². The van der Waals surface area contributed by atoms with Crippen LogP contribution in [0.1, 0.15) is 33.1 Å². The molecule has 0 aromatic heterocycles. The van der Waals surface area contributed by atoms with Crippen LogP contribution < -0.4 is 5.32 Å². The van der Waals surface area contributed by atoms with Crippen LogP contribution in [0.25, 0.3) is 0 Å². The summed E-state index contributed by atoms with van der Waals surface area (Å²) in [6, 6.07) is 5.57. The topological polar surface area (TPSA) is 32.3 Å². The highest BCUT2D eigenvalue weighted by Crippen LogP contribution is 2.27. The molecule has 19 heavy (non-hydrogen) atoms. The van der Waals surface area contributed by atoms with Crippen molar-refractivity contribution in [2.45, 2.75) is 45.2 Å². The average Bonchev–Trinajstić information content (AvgIpc) is 2.33. The van der Waals surface area contributed by atoms with Crippen LogP contribution in [-0.2, 0) is 0 Å². The number of piperidine rings is 1. The molecule has 0 radical (unpaired) electrons. The Hall–Kier alpha value is -0.930. The maximum absolute atomic E-state index is 12.3. The lowest BCUT2D eigenvalue weighted by Crippen LogP contribution is -2.49. The second-order valence-corrected chi connectivity index (χ2v) is 5.91. The second-order valence-electron chi connectivity index (χ2n) is 5.10. The predicted octanol–water partition coefficient (Wildman–Crippen LogP) is 4.79. The molecule has 1 saturated heterocycles. The standard InChI is InChI=1S/C14H18Cl2N2O/c1-9-4-3-5-10(2)18(9)14(19)17-11-6-7-12(15)13(16)8-11/h6-10H,3-5H2,1-2H3,(H,17,19)/t9-,10+. The van der Waals surface area contributed by atoms with E-state index in [1.54, 1.807) is 18.2 Å². The highest BCUT2D eigenvalue weighted by molar-refractivity contribution is 6.42. The Morgan fingerprint density at radius 1 is 1.21 bits per heavy atom. The van der Waals surface area contributed by atoms with Crippen molar-refractivity contribution >= 4 is 34.9 Å². The summed E-state index contributed by atoms with van der Waals surface area (Å²) in [5, 5.41) is 3.81. The van der Waals surface area contributed by atoms with Gasteiger partial charge in [0.1, 0.15) is 0 Å². The van der Waals surface area contributed by atoms with E-state index in [1.165, 1.54) is 6.42 Å². The number of urea groups is 1. The van der Waals surface area contributed by atoms with Crippen molar-refractivity contribution in [3.8, 4) is 0 Å². The summed E-state index contributed by atoms with van der Waals surface area (Å²) in [5.41, 5.74) is 0.671. The molecule has 2 amide bonds. The van der Waals surface area contributed by atoms with Gasteiger partial charge in [-0.1, -0.05) is 23.2 Å². The lowest BCUT2D eigenvalue weighted by atomic mass is 9.98. The van der Waals surface area contributed by atoms with Crippen LogP contribution in [0.3, 0.4) is 0 Å². The summed E-state index contributed by atoms with van der Waals surface area (Å²) >= 11 is 11.8. The Bertz CT molecular complexity index is 469. The number of rotatable bonds is 1. The maximum Gasteiger partial charge on any atom is 0.322 e. The SMILES string of the molecule is C[C@@H]1CCC[C@H](C)N1C(=O)Nc1ccc(Cl)c(Cl)c1. The van der Waals surface area contributed by atoms with Gasteiger partial charge < -0.3 is 10.2 Å². The largest absolute Gasteiger partial charge is 0.322 e. The van der Waals surface area contributed by atoms with Gasteiger partial charge in [-0.25, -0.2) is 4.79 Å².